The van der Waals surface area contributed by atoms with Crippen molar-refractivity contribution in [2.24, 2.45) is 22.2 Å². The van der Waals surface area contributed by atoms with Crippen molar-refractivity contribution in [3.63, 3.8) is 0 Å². The maximum Gasteiger partial charge on any atom is -0.0114 e. The zero-order chi connectivity index (χ0) is 37.3. The summed E-state index contributed by atoms with van der Waals surface area (Å²) in [6, 6.07) is 7.42. The molecule has 1 aromatic rings. The average molecular weight is 671 g/mol. The molecule has 2 unspecified atom stereocenters. The van der Waals surface area contributed by atoms with Crippen molar-refractivity contribution in [3.05, 3.63) is 82.5 Å². The summed E-state index contributed by atoms with van der Waals surface area (Å²) >= 11 is 0. The van der Waals surface area contributed by atoms with Gasteiger partial charge in [-0.15, -0.1) is 6.58 Å². The molecule has 0 aromatic heterocycles. The number of hydrogen-bond donors (Lipinski definition) is 0. The molecule has 0 N–H and O–H groups in total. The van der Waals surface area contributed by atoms with Gasteiger partial charge in [0.1, 0.15) is 0 Å². The third-order valence-electron chi connectivity index (χ3n) is 11.7. The van der Waals surface area contributed by atoms with Gasteiger partial charge in [0.05, 0.1) is 0 Å². The monoisotopic (exact) mass is 671 g/mol. The van der Waals surface area contributed by atoms with Gasteiger partial charge < -0.3 is 0 Å². The van der Waals surface area contributed by atoms with Crippen LogP contribution >= 0.6 is 0 Å². The Bertz CT molecular complexity index is 1230. The smallest absolute Gasteiger partial charge is 0.0114 e. The van der Waals surface area contributed by atoms with Crippen molar-refractivity contribution in [3.8, 4) is 0 Å². The molecule has 0 saturated heterocycles. The minimum absolute atomic E-state index is 0.185. The molecule has 0 nitrogen and oxygen atoms in total. The fourth-order valence-electron chi connectivity index (χ4n) is 8.40. The molecule has 0 spiro atoms. The third kappa shape index (κ3) is 14.0. The van der Waals surface area contributed by atoms with E-state index >= 15 is 0 Å². The highest BCUT2D eigenvalue weighted by atomic mass is 14.4. The Kier molecular flexibility index (Phi) is 16.0. The van der Waals surface area contributed by atoms with Crippen molar-refractivity contribution in [1.82, 2.24) is 0 Å². The van der Waals surface area contributed by atoms with E-state index in [1.54, 1.807) is 16.7 Å². The molecule has 0 saturated carbocycles. The summed E-state index contributed by atoms with van der Waals surface area (Å²) in [5.74, 6) is 0.626. The molecule has 2 atom stereocenters. The van der Waals surface area contributed by atoms with Crippen LogP contribution in [0.4, 0.5) is 0 Å². The molecule has 0 bridgehead atoms. The van der Waals surface area contributed by atoms with Crippen molar-refractivity contribution < 1.29 is 0 Å². The van der Waals surface area contributed by atoms with Crippen LogP contribution in [0.3, 0.4) is 0 Å². The number of aryl methyl sites for hydroxylation is 1. The standard InChI is InChI=1S/C49H82/c1-17-19-29-49(28-18-2,30-23-21-20-22-24-39-32-41(45(5,6)7)36-42(33-39)46(8,9)10)31-27-37(3)25-26-40-34-43(47(11,12)13)38(4)44(35-40)48(14,15)16/h17,32-34,36,44H,1,3,18-31,35H2,2,4-16H3. The topological polar surface area (TPSA) is 0 Å². The Morgan fingerprint density at radius 3 is 1.82 bits per heavy atom. The van der Waals surface area contributed by atoms with Crippen LogP contribution in [-0.2, 0) is 17.3 Å². The maximum absolute atomic E-state index is 4.67. The summed E-state index contributed by atoms with van der Waals surface area (Å²) in [7, 11) is 0. The van der Waals surface area contributed by atoms with Gasteiger partial charge in [0, 0.05) is 0 Å². The van der Waals surface area contributed by atoms with E-state index < -0.39 is 0 Å². The highest BCUT2D eigenvalue weighted by Gasteiger charge is 2.34. The van der Waals surface area contributed by atoms with E-state index in [-0.39, 0.29) is 21.7 Å². The molecule has 1 aliphatic rings. The van der Waals surface area contributed by atoms with E-state index in [4.69, 9.17) is 0 Å². The van der Waals surface area contributed by atoms with Crippen LogP contribution in [0, 0.1) is 22.2 Å². The highest BCUT2D eigenvalue weighted by molar-refractivity contribution is 5.40. The summed E-state index contributed by atoms with van der Waals surface area (Å²) in [5.41, 5.74) is 12.0. The second-order valence-corrected chi connectivity index (χ2v) is 20.4. The molecule has 0 aliphatic heterocycles. The van der Waals surface area contributed by atoms with Crippen LogP contribution in [0.5, 0.6) is 0 Å². The second-order valence-electron chi connectivity index (χ2n) is 20.4. The van der Waals surface area contributed by atoms with Gasteiger partial charge in [-0.25, -0.2) is 0 Å². The zero-order valence-corrected chi connectivity index (χ0v) is 35.5. The first-order valence-electron chi connectivity index (χ1n) is 20.4. The Labute approximate surface area is 307 Å². The maximum atomic E-state index is 4.67. The molecular formula is C49H82. The molecule has 0 heteroatoms. The molecule has 0 amide bonds. The average Bonchev–Trinajstić information content (AvgIpc) is 2.98. The zero-order valence-electron chi connectivity index (χ0n) is 35.5. The van der Waals surface area contributed by atoms with Crippen LogP contribution in [0.1, 0.15) is 204 Å². The number of unbranched alkanes of at least 4 members (excludes halogenated alkanes) is 3. The summed E-state index contributed by atoms with van der Waals surface area (Å²) < 4.78 is 0. The van der Waals surface area contributed by atoms with Gasteiger partial charge >= 0.3 is 0 Å². The molecule has 0 fully saturated rings. The minimum atomic E-state index is 0.185. The molecule has 1 aromatic carbocycles. The predicted molar refractivity (Wildman–Crippen MR) is 223 cm³/mol. The van der Waals surface area contributed by atoms with E-state index in [1.165, 1.54) is 106 Å². The van der Waals surface area contributed by atoms with E-state index in [1.807, 2.05) is 0 Å². The SMILES string of the molecule is C=CCCC(CCC)(CCCCCCc1cc(C(C)(C)C)cc(C(C)(C)C)c1)CCC(=C)CCC1=CC(C(C)(C)C)=C(C)C(C(C)(C)C)C1. The van der Waals surface area contributed by atoms with E-state index in [0.29, 0.717) is 11.3 Å². The van der Waals surface area contributed by atoms with E-state index in [9.17, 15) is 0 Å². The van der Waals surface area contributed by atoms with Gasteiger partial charge in [-0.2, -0.15) is 0 Å². The van der Waals surface area contributed by atoms with Crippen LogP contribution in [0.2, 0.25) is 0 Å². The Morgan fingerprint density at radius 2 is 1.31 bits per heavy atom. The summed E-state index contributed by atoms with van der Waals surface area (Å²) in [6.07, 6.45) is 23.6. The summed E-state index contributed by atoms with van der Waals surface area (Å²) in [4.78, 5) is 0. The van der Waals surface area contributed by atoms with Crippen molar-refractivity contribution in [1.29, 1.82) is 0 Å². The third-order valence-corrected chi connectivity index (χ3v) is 11.7. The molecule has 1 aliphatic carbocycles. The second kappa shape index (κ2) is 18.1. The van der Waals surface area contributed by atoms with Gasteiger partial charge in [-0.1, -0.05) is 169 Å². The predicted octanol–water partition coefficient (Wildman–Crippen LogP) is 16.0. The largest absolute Gasteiger partial charge is 0.103 e. The quantitative estimate of drug-likeness (QED) is 0.108. The molecule has 2 rings (SSSR count). The lowest BCUT2D eigenvalue weighted by Gasteiger charge is -2.39. The normalized spacial score (nSPS) is 17.6. The lowest BCUT2D eigenvalue weighted by molar-refractivity contribution is 0.190. The van der Waals surface area contributed by atoms with Gasteiger partial charge in [-0.3, -0.25) is 0 Å². The van der Waals surface area contributed by atoms with Gasteiger partial charge in [0.15, 0.2) is 0 Å². The molecule has 49 heavy (non-hydrogen) atoms. The fraction of sp³-hybridized carbons (Fsp3) is 0.714. The van der Waals surface area contributed by atoms with Crippen molar-refractivity contribution >= 4 is 0 Å². The van der Waals surface area contributed by atoms with Gasteiger partial charge in [0.2, 0.25) is 0 Å². The number of allylic oxidation sites excluding steroid dienone is 6. The summed E-state index contributed by atoms with van der Waals surface area (Å²) in [5, 5.41) is 0. The Hall–Kier alpha value is -1.82. The number of rotatable bonds is 18. The number of benzene rings is 1. The lowest BCUT2D eigenvalue weighted by atomic mass is 9.66. The minimum Gasteiger partial charge on any atom is -0.103 e. The number of hydrogen-bond acceptors (Lipinski definition) is 0. The first-order valence-corrected chi connectivity index (χ1v) is 20.4. The van der Waals surface area contributed by atoms with Crippen molar-refractivity contribution in [2.45, 2.75) is 204 Å². The molecular weight excluding hydrogens is 589 g/mol. The van der Waals surface area contributed by atoms with Gasteiger partial charge in [0.25, 0.3) is 0 Å². The van der Waals surface area contributed by atoms with E-state index in [0.717, 1.165) is 12.8 Å². The lowest BCUT2D eigenvalue weighted by Crippen LogP contribution is -2.27. The Morgan fingerprint density at radius 1 is 0.714 bits per heavy atom. The van der Waals surface area contributed by atoms with Gasteiger partial charge in [-0.05, 0) is 133 Å². The van der Waals surface area contributed by atoms with Crippen LogP contribution in [-0.4, -0.2) is 0 Å². The highest BCUT2D eigenvalue weighted by Crippen LogP contribution is 2.47. The van der Waals surface area contributed by atoms with Crippen LogP contribution in [0.25, 0.3) is 0 Å². The van der Waals surface area contributed by atoms with Crippen LogP contribution in [0.15, 0.2) is 65.8 Å². The van der Waals surface area contributed by atoms with Crippen molar-refractivity contribution in [2.75, 3.05) is 0 Å². The molecule has 0 radical (unpaired) electrons. The molecule has 0 heterocycles. The first kappa shape index (κ1) is 43.3. The Balaban J connectivity index is 2.00. The first-order chi connectivity index (χ1) is 22.5. The van der Waals surface area contributed by atoms with E-state index in [2.05, 4.69) is 140 Å². The van der Waals surface area contributed by atoms with Crippen LogP contribution < -0.4 is 0 Å². The molecule has 278 valence electrons. The summed E-state index contributed by atoms with van der Waals surface area (Å²) in [6.45, 7) is 42.1. The fourth-order valence-corrected chi connectivity index (χ4v) is 8.40.